The highest BCUT2D eigenvalue weighted by molar-refractivity contribution is 5.81. The van der Waals surface area contributed by atoms with Gasteiger partial charge in [-0.05, 0) is 37.5 Å². The Morgan fingerprint density at radius 3 is 3.00 bits per heavy atom. The number of hydrogen-bond acceptors (Lipinski definition) is 4. The van der Waals surface area contributed by atoms with Crippen molar-refractivity contribution in [3.8, 4) is 0 Å². The van der Waals surface area contributed by atoms with E-state index in [9.17, 15) is 4.79 Å². The van der Waals surface area contributed by atoms with Crippen LogP contribution in [-0.4, -0.2) is 23.6 Å². The average molecular weight is 262 g/mol. The van der Waals surface area contributed by atoms with Crippen LogP contribution in [0.3, 0.4) is 0 Å². The maximum absolute atomic E-state index is 12.0. The number of amides is 1. The van der Waals surface area contributed by atoms with Gasteiger partial charge in [0.25, 0.3) is 0 Å². The zero-order valence-corrected chi connectivity index (χ0v) is 10.9. The van der Waals surface area contributed by atoms with Crippen molar-refractivity contribution in [2.75, 3.05) is 6.61 Å². The standard InChI is InChI=1S/C14H18N2O3/c1-9(10-4-6-15-7-5-10)19-16-14(17)12-11-3-2-8-18-13(11)12/h4-7,9,11-13H,2-3,8H2,1H3,(H,16,17)/t9-,11+,12+,13+/m0/s1. The van der Waals surface area contributed by atoms with E-state index < -0.39 is 0 Å². The van der Waals surface area contributed by atoms with Crippen LogP contribution in [0, 0.1) is 11.8 Å². The highest BCUT2D eigenvalue weighted by atomic mass is 16.7. The van der Waals surface area contributed by atoms with E-state index in [0.717, 1.165) is 25.0 Å². The molecule has 3 rings (SSSR count). The third-order valence-electron chi connectivity index (χ3n) is 3.90. The molecule has 0 aromatic carbocycles. The fourth-order valence-electron chi connectivity index (χ4n) is 2.71. The summed E-state index contributed by atoms with van der Waals surface area (Å²) in [5.74, 6) is 0.318. The van der Waals surface area contributed by atoms with Gasteiger partial charge < -0.3 is 4.74 Å². The number of nitrogens with zero attached hydrogens (tertiary/aromatic N) is 1. The summed E-state index contributed by atoms with van der Waals surface area (Å²) in [6.45, 7) is 2.67. The summed E-state index contributed by atoms with van der Waals surface area (Å²) in [4.78, 5) is 21.3. The monoisotopic (exact) mass is 262 g/mol. The number of aromatic nitrogens is 1. The van der Waals surface area contributed by atoms with E-state index in [-0.39, 0.29) is 24.0 Å². The van der Waals surface area contributed by atoms with E-state index in [0.29, 0.717) is 5.92 Å². The number of rotatable bonds is 4. The minimum atomic E-state index is -0.186. The Hall–Kier alpha value is -1.46. The van der Waals surface area contributed by atoms with Crippen LogP contribution in [0.5, 0.6) is 0 Å². The number of ether oxygens (including phenoxy) is 1. The van der Waals surface area contributed by atoms with Crippen molar-refractivity contribution in [3.05, 3.63) is 30.1 Å². The van der Waals surface area contributed by atoms with Crippen LogP contribution in [0.15, 0.2) is 24.5 Å². The van der Waals surface area contributed by atoms with Crippen LogP contribution in [0.25, 0.3) is 0 Å². The quantitative estimate of drug-likeness (QED) is 0.838. The van der Waals surface area contributed by atoms with Gasteiger partial charge in [-0.25, -0.2) is 5.48 Å². The molecule has 2 fully saturated rings. The molecular formula is C14H18N2O3. The first-order valence-electron chi connectivity index (χ1n) is 6.74. The third-order valence-corrected chi connectivity index (χ3v) is 3.90. The first-order chi connectivity index (χ1) is 9.27. The van der Waals surface area contributed by atoms with Crippen LogP contribution >= 0.6 is 0 Å². The van der Waals surface area contributed by atoms with E-state index >= 15 is 0 Å². The Morgan fingerprint density at radius 1 is 1.53 bits per heavy atom. The topological polar surface area (TPSA) is 60.5 Å². The molecule has 2 aliphatic rings. The lowest BCUT2D eigenvalue weighted by Gasteiger charge is -2.13. The summed E-state index contributed by atoms with van der Waals surface area (Å²) in [5, 5.41) is 0. The molecule has 19 heavy (non-hydrogen) atoms. The van der Waals surface area contributed by atoms with Gasteiger partial charge in [-0.1, -0.05) is 0 Å². The highest BCUT2D eigenvalue weighted by Crippen LogP contribution is 2.47. The summed E-state index contributed by atoms with van der Waals surface area (Å²) < 4.78 is 5.55. The molecule has 1 aliphatic heterocycles. The Bertz CT molecular complexity index is 439. The number of carbonyl (C=O) groups excluding carboxylic acids is 1. The van der Waals surface area contributed by atoms with Gasteiger partial charge in [-0.3, -0.25) is 14.6 Å². The van der Waals surface area contributed by atoms with Crippen molar-refractivity contribution in [1.82, 2.24) is 10.5 Å². The molecule has 0 spiro atoms. The Balaban J connectivity index is 1.49. The summed E-state index contributed by atoms with van der Waals surface area (Å²) in [5.41, 5.74) is 3.55. The summed E-state index contributed by atoms with van der Waals surface area (Å²) in [7, 11) is 0. The molecule has 2 heterocycles. The van der Waals surface area contributed by atoms with E-state index in [1.165, 1.54) is 0 Å². The summed E-state index contributed by atoms with van der Waals surface area (Å²) in [6.07, 6.45) is 5.49. The largest absolute Gasteiger partial charge is 0.377 e. The highest BCUT2D eigenvalue weighted by Gasteiger charge is 2.57. The lowest BCUT2D eigenvalue weighted by molar-refractivity contribution is -0.140. The second kappa shape index (κ2) is 5.27. The summed E-state index contributed by atoms with van der Waals surface area (Å²) >= 11 is 0. The van der Waals surface area contributed by atoms with Gasteiger partial charge in [0.05, 0.1) is 12.0 Å². The van der Waals surface area contributed by atoms with Crippen LogP contribution in [0.2, 0.25) is 0 Å². The van der Waals surface area contributed by atoms with Crippen molar-refractivity contribution in [1.29, 1.82) is 0 Å². The van der Waals surface area contributed by atoms with Gasteiger partial charge in [-0.2, -0.15) is 0 Å². The van der Waals surface area contributed by atoms with Gasteiger partial charge in [-0.15, -0.1) is 0 Å². The van der Waals surface area contributed by atoms with Gasteiger partial charge in [0.2, 0.25) is 5.91 Å². The zero-order chi connectivity index (χ0) is 13.2. The number of fused-ring (bicyclic) bond motifs is 1. The van der Waals surface area contributed by atoms with Gasteiger partial charge in [0.1, 0.15) is 6.10 Å². The fourth-order valence-corrected chi connectivity index (χ4v) is 2.71. The Morgan fingerprint density at radius 2 is 2.32 bits per heavy atom. The predicted molar refractivity (Wildman–Crippen MR) is 67.8 cm³/mol. The van der Waals surface area contributed by atoms with E-state index in [1.54, 1.807) is 12.4 Å². The third kappa shape index (κ3) is 2.62. The first kappa shape index (κ1) is 12.6. The van der Waals surface area contributed by atoms with Crippen LogP contribution in [0.4, 0.5) is 0 Å². The van der Waals surface area contributed by atoms with Crippen molar-refractivity contribution in [2.24, 2.45) is 11.8 Å². The molecule has 102 valence electrons. The summed E-state index contributed by atoms with van der Waals surface area (Å²) in [6, 6.07) is 3.74. The molecule has 1 saturated heterocycles. The first-order valence-corrected chi connectivity index (χ1v) is 6.74. The van der Waals surface area contributed by atoms with E-state index in [4.69, 9.17) is 9.57 Å². The van der Waals surface area contributed by atoms with Crippen molar-refractivity contribution < 1.29 is 14.4 Å². The van der Waals surface area contributed by atoms with Gasteiger partial charge in [0.15, 0.2) is 0 Å². The maximum atomic E-state index is 12.0. The van der Waals surface area contributed by atoms with Crippen LogP contribution < -0.4 is 5.48 Å². The molecule has 1 saturated carbocycles. The minimum Gasteiger partial charge on any atom is -0.377 e. The van der Waals surface area contributed by atoms with E-state index in [2.05, 4.69) is 10.5 Å². The smallest absolute Gasteiger partial charge is 0.249 e. The second-order valence-electron chi connectivity index (χ2n) is 5.17. The normalized spacial score (nSPS) is 30.3. The minimum absolute atomic E-state index is 0.0212. The fraction of sp³-hybridized carbons (Fsp3) is 0.571. The number of hydroxylamine groups is 1. The van der Waals surface area contributed by atoms with Gasteiger partial charge in [0, 0.05) is 24.9 Å². The molecule has 0 bridgehead atoms. The molecule has 0 radical (unpaired) electrons. The Kier molecular flexibility index (Phi) is 3.48. The average Bonchev–Trinajstić information content (AvgIpc) is 3.19. The Labute approximate surface area is 112 Å². The number of hydrogen-bond donors (Lipinski definition) is 1. The lowest BCUT2D eigenvalue weighted by atomic mass is 10.2. The van der Waals surface area contributed by atoms with Crippen LogP contribution in [-0.2, 0) is 14.4 Å². The molecule has 1 N–H and O–H groups in total. The second-order valence-corrected chi connectivity index (χ2v) is 5.17. The molecule has 5 nitrogen and oxygen atoms in total. The SMILES string of the molecule is C[C@H](ONC(=O)[C@@H]1[C@H]2CCCO[C@H]21)c1ccncc1. The molecule has 1 amide bonds. The number of carbonyl (C=O) groups is 1. The molecule has 1 aliphatic carbocycles. The van der Waals surface area contributed by atoms with E-state index in [1.807, 2.05) is 19.1 Å². The molecular weight excluding hydrogens is 244 g/mol. The lowest BCUT2D eigenvalue weighted by Crippen LogP contribution is -2.28. The van der Waals surface area contributed by atoms with Crippen molar-refractivity contribution in [2.45, 2.75) is 32.0 Å². The van der Waals surface area contributed by atoms with Crippen molar-refractivity contribution in [3.63, 3.8) is 0 Å². The molecule has 0 unspecified atom stereocenters. The molecule has 1 aromatic heterocycles. The number of nitrogens with one attached hydrogen (secondary N) is 1. The number of pyridine rings is 1. The van der Waals surface area contributed by atoms with Gasteiger partial charge >= 0.3 is 0 Å². The van der Waals surface area contributed by atoms with Crippen molar-refractivity contribution >= 4 is 5.91 Å². The predicted octanol–water partition coefficient (Wildman–Crippen LogP) is 1.62. The maximum Gasteiger partial charge on any atom is 0.249 e. The van der Waals surface area contributed by atoms with Crippen LogP contribution in [0.1, 0.15) is 31.4 Å². The molecule has 1 aromatic rings. The molecule has 5 heteroatoms. The molecule has 4 atom stereocenters. The zero-order valence-electron chi connectivity index (χ0n) is 10.9.